The molecule has 304 valence electrons. The Kier molecular flexibility index (Phi) is 14.7. The summed E-state index contributed by atoms with van der Waals surface area (Å²) in [6.45, 7) is 1.06. The lowest BCUT2D eigenvalue weighted by atomic mass is 9.74. The maximum Gasteiger partial charge on any atom is 0.336 e. The number of nitrogens with zero attached hydrogens (tertiary/aromatic N) is 1. The molecule has 0 aromatic heterocycles. The van der Waals surface area contributed by atoms with Gasteiger partial charge >= 0.3 is 17.9 Å². The van der Waals surface area contributed by atoms with E-state index in [2.05, 4.69) is 78.1 Å². The van der Waals surface area contributed by atoms with Crippen LogP contribution in [0.25, 0.3) is 0 Å². The summed E-state index contributed by atoms with van der Waals surface area (Å²) >= 11 is 13.5. The molecule has 1 N–H and O–H groups in total. The Morgan fingerprint density at radius 2 is 1.24 bits per heavy atom. The summed E-state index contributed by atoms with van der Waals surface area (Å²) in [5, 5.41) is 4.35. The number of carbonyl (C=O) groups excluding carboxylic acids is 3. The minimum absolute atomic E-state index is 0.0923. The van der Waals surface area contributed by atoms with E-state index < -0.39 is 35.3 Å². The van der Waals surface area contributed by atoms with E-state index in [1.807, 2.05) is 42.5 Å². The SMILES string of the molecule is COC(=O)CC1=NC(CCc2ccccc2OCCCNC(c2ccccc2)(c2ccccc2)c2ccccc2)=C(C(=O)OC)C(c2c(Cl)cccc2Cl)C1C(=O)OC. The highest BCUT2D eigenvalue weighted by atomic mass is 35.5. The van der Waals surface area contributed by atoms with E-state index in [1.165, 1.54) is 21.3 Å². The number of esters is 3. The summed E-state index contributed by atoms with van der Waals surface area (Å²) in [7, 11) is 3.72. The summed E-state index contributed by atoms with van der Waals surface area (Å²) in [5.41, 5.74) is 4.53. The van der Waals surface area contributed by atoms with Crippen molar-refractivity contribution in [1.29, 1.82) is 0 Å². The van der Waals surface area contributed by atoms with Crippen molar-refractivity contribution < 1.29 is 33.3 Å². The van der Waals surface area contributed by atoms with E-state index in [0.29, 0.717) is 43.0 Å². The molecule has 0 amide bonds. The lowest BCUT2D eigenvalue weighted by molar-refractivity contribution is -0.143. The molecule has 9 nitrogen and oxygen atoms in total. The van der Waals surface area contributed by atoms with Gasteiger partial charge in [-0.25, -0.2) is 4.79 Å². The maximum absolute atomic E-state index is 13.7. The Hall–Kier alpha value is -5.74. The number of ether oxygens (including phenoxy) is 4. The molecular weight excluding hydrogens is 787 g/mol. The van der Waals surface area contributed by atoms with Crippen LogP contribution in [-0.4, -0.2) is 58.1 Å². The van der Waals surface area contributed by atoms with Crippen LogP contribution in [0.3, 0.4) is 0 Å². The number of benzene rings is 5. The molecule has 1 heterocycles. The average Bonchev–Trinajstić information content (AvgIpc) is 3.27. The lowest BCUT2D eigenvalue weighted by Crippen LogP contribution is -2.45. The Morgan fingerprint density at radius 3 is 1.78 bits per heavy atom. The second-order valence-electron chi connectivity index (χ2n) is 13.9. The molecule has 0 spiro atoms. The predicted molar refractivity (Wildman–Crippen MR) is 230 cm³/mol. The molecule has 2 unspecified atom stereocenters. The highest BCUT2D eigenvalue weighted by Gasteiger charge is 2.46. The first kappa shape index (κ1) is 42.9. The van der Waals surface area contributed by atoms with Gasteiger partial charge in [0.15, 0.2) is 0 Å². The second kappa shape index (κ2) is 20.3. The molecule has 1 aliphatic rings. The Labute approximate surface area is 355 Å². The Bertz CT molecular complexity index is 2180. The zero-order valence-electron chi connectivity index (χ0n) is 33.2. The van der Waals surface area contributed by atoms with Crippen LogP contribution in [-0.2, 0) is 40.6 Å². The van der Waals surface area contributed by atoms with Gasteiger partial charge in [-0.1, -0.05) is 138 Å². The predicted octanol–water partition coefficient (Wildman–Crippen LogP) is 9.29. The minimum Gasteiger partial charge on any atom is -0.493 e. The minimum atomic E-state index is -1.22. The fourth-order valence-corrected chi connectivity index (χ4v) is 8.41. The third-order valence-electron chi connectivity index (χ3n) is 10.5. The molecule has 0 fully saturated rings. The average molecular weight is 834 g/mol. The quantitative estimate of drug-likeness (QED) is 0.0427. The zero-order chi connectivity index (χ0) is 41.8. The van der Waals surface area contributed by atoms with E-state index in [0.717, 1.165) is 22.3 Å². The largest absolute Gasteiger partial charge is 0.493 e. The van der Waals surface area contributed by atoms with Gasteiger partial charge in [-0.05, 0) is 71.8 Å². The number of methoxy groups -OCH3 is 3. The van der Waals surface area contributed by atoms with Gasteiger partial charge in [-0.2, -0.15) is 0 Å². The number of halogens is 2. The van der Waals surface area contributed by atoms with Crippen LogP contribution in [0.15, 0.2) is 150 Å². The fourth-order valence-electron chi connectivity index (χ4n) is 7.78. The zero-order valence-corrected chi connectivity index (χ0v) is 34.7. The molecule has 0 bridgehead atoms. The van der Waals surface area contributed by atoms with E-state index in [4.69, 9.17) is 47.1 Å². The van der Waals surface area contributed by atoms with Crippen molar-refractivity contribution in [3.8, 4) is 5.75 Å². The first-order valence-corrected chi connectivity index (χ1v) is 20.1. The monoisotopic (exact) mass is 832 g/mol. The van der Waals surface area contributed by atoms with Crippen LogP contribution < -0.4 is 10.1 Å². The van der Waals surface area contributed by atoms with Gasteiger partial charge in [0.1, 0.15) is 11.7 Å². The van der Waals surface area contributed by atoms with Crippen LogP contribution in [0.2, 0.25) is 10.0 Å². The third-order valence-corrected chi connectivity index (χ3v) is 11.2. The number of hydrogen-bond donors (Lipinski definition) is 1. The van der Waals surface area contributed by atoms with Gasteiger partial charge in [0, 0.05) is 21.7 Å². The van der Waals surface area contributed by atoms with Crippen LogP contribution >= 0.6 is 23.2 Å². The highest BCUT2D eigenvalue weighted by molar-refractivity contribution is 6.36. The normalized spacial score (nSPS) is 15.2. The van der Waals surface area contributed by atoms with Crippen molar-refractivity contribution in [2.45, 2.75) is 37.1 Å². The van der Waals surface area contributed by atoms with Crippen LogP contribution in [0.1, 0.15) is 53.0 Å². The summed E-state index contributed by atoms with van der Waals surface area (Å²) in [5.74, 6) is -3.67. The molecule has 5 aromatic carbocycles. The van der Waals surface area contributed by atoms with Crippen molar-refractivity contribution in [3.63, 3.8) is 0 Å². The topological polar surface area (TPSA) is 113 Å². The van der Waals surface area contributed by atoms with Gasteiger partial charge in [0.2, 0.25) is 0 Å². The molecule has 0 saturated carbocycles. The first-order valence-electron chi connectivity index (χ1n) is 19.3. The second-order valence-corrected chi connectivity index (χ2v) is 14.7. The van der Waals surface area contributed by atoms with E-state index >= 15 is 0 Å². The summed E-state index contributed by atoms with van der Waals surface area (Å²) in [4.78, 5) is 44.8. The number of para-hydroxylation sites is 1. The number of hydrogen-bond acceptors (Lipinski definition) is 9. The van der Waals surface area contributed by atoms with Gasteiger partial charge in [-0.15, -0.1) is 0 Å². The number of allylic oxidation sites excluding steroid dienone is 1. The van der Waals surface area contributed by atoms with E-state index in [-0.39, 0.29) is 34.2 Å². The van der Waals surface area contributed by atoms with Crippen molar-refractivity contribution in [1.82, 2.24) is 5.32 Å². The smallest absolute Gasteiger partial charge is 0.336 e. The van der Waals surface area contributed by atoms with Crippen LogP contribution in [0, 0.1) is 5.92 Å². The summed E-state index contributed by atoms with van der Waals surface area (Å²) in [6.07, 6.45) is 0.971. The number of rotatable bonds is 17. The number of nitrogens with one attached hydrogen (secondary N) is 1. The van der Waals surface area contributed by atoms with Crippen LogP contribution in [0.5, 0.6) is 5.75 Å². The molecule has 11 heteroatoms. The molecule has 0 aliphatic carbocycles. The molecule has 2 atom stereocenters. The highest BCUT2D eigenvalue weighted by Crippen LogP contribution is 2.47. The van der Waals surface area contributed by atoms with Gasteiger partial charge < -0.3 is 18.9 Å². The lowest BCUT2D eigenvalue weighted by Gasteiger charge is -2.37. The molecule has 59 heavy (non-hydrogen) atoms. The maximum atomic E-state index is 13.7. The number of carbonyl (C=O) groups is 3. The van der Waals surface area contributed by atoms with Gasteiger partial charge in [0.05, 0.1) is 51.2 Å². The van der Waals surface area contributed by atoms with Crippen molar-refractivity contribution in [2.75, 3.05) is 34.5 Å². The molecule has 1 aliphatic heterocycles. The van der Waals surface area contributed by atoms with Crippen molar-refractivity contribution in [3.05, 3.63) is 183 Å². The fraction of sp³-hybridized carbons (Fsp3) is 0.250. The molecule has 6 rings (SSSR count). The third kappa shape index (κ3) is 9.60. The summed E-state index contributed by atoms with van der Waals surface area (Å²) in [6, 6.07) is 43.9. The van der Waals surface area contributed by atoms with E-state index in [1.54, 1.807) is 18.2 Å². The Morgan fingerprint density at radius 1 is 0.678 bits per heavy atom. The standard InChI is InChI=1S/C48H46Cl2N2O7/c1-56-41(53)31-39-44(47(55)58-3)45(42-36(49)24-15-25-37(42)50)43(46(54)57-2)38(52-39)28-27-32-17-13-14-26-40(32)59-30-16-29-51-48(33-18-7-4-8-19-33,34-20-9-5-10-21-34)35-22-11-6-12-23-35/h4-15,17-26,44-45,51H,16,27-31H2,1-3H3. The van der Waals surface area contributed by atoms with Crippen LogP contribution in [0.4, 0.5) is 0 Å². The first-order chi connectivity index (χ1) is 28.7. The number of aliphatic imine (C=N–C) groups is 1. The Balaban J connectivity index is 1.26. The van der Waals surface area contributed by atoms with Gasteiger partial charge in [0.25, 0.3) is 0 Å². The molecule has 0 radical (unpaired) electrons. The van der Waals surface area contributed by atoms with Crippen molar-refractivity contribution in [2.24, 2.45) is 10.9 Å². The number of aryl methyl sites for hydroxylation is 1. The molecule has 0 saturated heterocycles. The molecule has 5 aromatic rings. The van der Waals surface area contributed by atoms with E-state index in [9.17, 15) is 14.4 Å². The summed E-state index contributed by atoms with van der Waals surface area (Å²) < 4.78 is 21.9. The van der Waals surface area contributed by atoms with Crippen molar-refractivity contribution >= 4 is 46.8 Å². The molecular formula is C48H46Cl2N2O7. The van der Waals surface area contributed by atoms with Gasteiger partial charge in [-0.3, -0.25) is 19.9 Å².